The average molecular weight is 309 g/mol. The molecule has 0 bridgehead atoms. The van der Waals surface area contributed by atoms with E-state index in [4.69, 9.17) is 9.72 Å². The number of hydrogen-bond acceptors (Lipinski definition) is 3. The summed E-state index contributed by atoms with van der Waals surface area (Å²) >= 11 is 0. The summed E-state index contributed by atoms with van der Waals surface area (Å²) in [4.78, 5) is 4.76. The molecule has 0 amide bonds. The molecule has 3 aromatic rings. The van der Waals surface area contributed by atoms with Crippen molar-refractivity contribution in [1.82, 2.24) is 9.55 Å². The molecule has 0 atom stereocenters. The largest absolute Gasteiger partial charge is 0.492 e. The van der Waals surface area contributed by atoms with Gasteiger partial charge >= 0.3 is 0 Å². The Kier molecular flexibility index (Phi) is 4.81. The van der Waals surface area contributed by atoms with Gasteiger partial charge in [-0.1, -0.05) is 37.6 Å². The molecule has 0 aliphatic rings. The van der Waals surface area contributed by atoms with Crippen LogP contribution in [0.15, 0.2) is 48.5 Å². The number of aromatic nitrogens is 2. The van der Waals surface area contributed by atoms with E-state index in [1.807, 2.05) is 37.3 Å². The molecule has 1 aromatic heterocycles. The second-order valence-corrected chi connectivity index (χ2v) is 5.48. The van der Waals surface area contributed by atoms with E-state index in [2.05, 4.69) is 35.0 Å². The highest BCUT2D eigenvalue weighted by molar-refractivity contribution is 5.80. The Labute approximate surface area is 137 Å². The second-order valence-electron chi connectivity index (χ2n) is 5.48. The third-order valence-electron chi connectivity index (χ3n) is 3.82. The number of nitrogens with zero attached hydrogens (tertiary/aromatic N) is 2. The van der Waals surface area contributed by atoms with Crippen LogP contribution in [-0.2, 0) is 6.54 Å². The summed E-state index contributed by atoms with van der Waals surface area (Å²) in [5.41, 5.74) is 3.12. The fraction of sp³-hybridized carbons (Fsp3) is 0.316. The van der Waals surface area contributed by atoms with Crippen molar-refractivity contribution in [3.63, 3.8) is 0 Å². The fourth-order valence-corrected chi connectivity index (χ4v) is 2.69. The predicted octanol–water partition coefficient (Wildman–Crippen LogP) is 4.98. The van der Waals surface area contributed by atoms with Gasteiger partial charge in [0.2, 0.25) is 5.95 Å². The molecule has 0 fully saturated rings. The molecule has 120 valence electrons. The molecule has 0 spiro atoms. The average Bonchev–Trinajstić information content (AvgIpc) is 2.92. The zero-order valence-electron chi connectivity index (χ0n) is 13.7. The Morgan fingerprint density at radius 2 is 1.83 bits per heavy atom. The van der Waals surface area contributed by atoms with Gasteiger partial charge in [-0.25, -0.2) is 4.98 Å². The lowest BCUT2D eigenvalue weighted by molar-refractivity contribution is 0.342. The molecule has 0 aliphatic carbocycles. The van der Waals surface area contributed by atoms with Crippen molar-refractivity contribution >= 4 is 22.7 Å². The van der Waals surface area contributed by atoms with Crippen molar-refractivity contribution in [2.75, 3.05) is 11.9 Å². The standard InChI is InChI=1S/C19H23N3O/c1-3-5-14-22-17-12-8-6-10-15(17)20-19(22)21-16-11-7-9-13-18(16)23-4-2/h6-13H,3-5,14H2,1-2H3,(H,20,21). The summed E-state index contributed by atoms with van der Waals surface area (Å²) in [6, 6.07) is 16.2. The van der Waals surface area contributed by atoms with Gasteiger partial charge in [0.25, 0.3) is 0 Å². The third kappa shape index (κ3) is 3.31. The monoisotopic (exact) mass is 309 g/mol. The van der Waals surface area contributed by atoms with E-state index in [0.29, 0.717) is 6.61 Å². The number of hydrogen-bond donors (Lipinski definition) is 1. The van der Waals surface area contributed by atoms with Crippen LogP contribution < -0.4 is 10.1 Å². The number of para-hydroxylation sites is 4. The molecule has 1 heterocycles. The highest BCUT2D eigenvalue weighted by Gasteiger charge is 2.12. The summed E-state index contributed by atoms with van der Waals surface area (Å²) in [6.07, 6.45) is 2.28. The Hall–Kier alpha value is -2.49. The van der Waals surface area contributed by atoms with Crippen LogP contribution in [0.3, 0.4) is 0 Å². The summed E-state index contributed by atoms with van der Waals surface area (Å²) in [7, 11) is 0. The van der Waals surface area contributed by atoms with E-state index in [-0.39, 0.29) is 0 Å². The van der Waals surface area contributed by atoms with Crippen LogP contribution in [-0.4, -0.2) is 16.2 Å². The fourth-order valence-electron chi connectivity index (χ4n) is 2.69. The van der Waals surface area contributed by atoms with Gasteiger partial charge in [0.15, 0.2) is 0 Å². The van der Waals surface area contributed by atoms with Gasteiger partial charge in [0, 0.05) is 6.54 Å². The Morgan fingerprint density at radius 1 is 1.04 bits per heavy atom. The Morgan fingerprint density at radius 3 is 2.65 bits per heavy atom. The number of anilines is 2. The highest BCUT2D eigenvalue weighted by atomic mass is 16.5. The van der Waals surface area contributed by atoms with E-state index in [1.54, 1.807) is 0 Å². The van der Waals surface area contributed by atoms with Crippen LogP contribution in [0, 0.1) is 0 Å². The van der Waals surface area contributed by atoms with Crippen LogP contribution in [0.1, 0.15) is 26.7 Å². The molecule has 4 heteroatoms. The molecule has 3 rings (SSSR count). The summed E-state index contributed by atoms with van der Waals surface area (Å²) in [5.74, 6) is 1.72. The summed E-state index contributed by atoms with van der Waals surface area (Å²) < 4.78 is 7.96. The molecule has 0 saturated heterocycles. The molecular formula is C19H23N3O. The Balaban J connectivity index is 1.99. The Bertz CT molecular complexity index is 779. The van der Waals surface area contributed by atoms with Gasteiger partial charge < -0.3 is 14.6 Å². The van der Waals surface area contributed by atoms with E-state index in [0.717, 1.165) is 47.8 Å². The molecule has 23 heavy (non-hydrogen) atoms. The van der Waals surface area contributed by atoms with Crippen LogP contribution in [0.5, 0.6) is 5.75 Å². The van der Waals surface area contributed by atoms with Crippen molar-refractivity contribution in [2.45, 2.75) is 33.2 Å². The van der Waals surface area contributed by atoms with Gasteiger partial charge in [0.05, 0.1) is 23.3 Å². The topological polar surface area (TPSA) is 39.1 Å². The molecule has 0 unspecified atom stereocenters. The SMILES string of the molecule is CCCCn1c(Nc2ccccc2OCC)nc2ccccc21. The quantitative estimate of drug-likeness (QED) is 0.669. The number of aryl methyl sites for hydroxylation is 1. The summed E-state index contributed by atoms with van der Waals surface area (Å²) in [5, 5.41) is 3.45. The molecule has 2 aromatic carbocycles. The van der Waals surface area contributed by atoms with Crippen LogP contribution in [0.2, 0.25) is 0 Å². The zero-order valence-corrected chi connectivity index (χ0v) is 13.7. The number of unbranched alkanes of at least 4 members (excludes halogenated alkanes) is 1. The second kappa shape index (κ2) is 7.18. The molecule has 1 N–H and O–H groups in total. The highest BCUT2D eigenvalue weighted by Crippen LogP contribution is 2.29. The first-order chi connectivity index (χ1) is 11.3. The lowest BCUT2D eigenvalue weighted by Crippen LogP contribution is -2.05. The number of ether oxygens (including phenoxy) is 1. The van der Waals surface area contributed by atoms with Gasteiger partial charge in [-0.2, -0.15) is 0 Å². The first-order valence-electron chi connectivity index (χ1n) is 8.27. The van der Waals surface area contributed by atoms with Crippen molar-refractivity contribution < 1.29 is 4.74 Å². The van der Waals surface area contributed by atoms with Crippen molar-refractivity contribution in [3.8, 4) is 5.75 Å². The van der Waals surface area contributed by atoms with E-state index < -0.39 is 0 Å². The van der Waals surface area contributed by atoms with Crippen LogP contribution in [0.4, 0.5) is 11.6 Å². The van der Waals surface area contributed by atoms with E-state index in [9.17, 15) is 0 Å². The lowest BCUT2D eigenvalue weighted by atomic mass is 10.3. The third-order valence-corrected chi connectivity index (χ3v) is 3.82. The number of rotatable bonds is 7. The minimum Gasteiger partial charge on any atom is -0.492 e. The van der Waals surface area contributed by atoms with Crippen molar-refractivity contribution in [2.24, 2.45) is 0 Å². The van der Waals surface area contributed by atoms with Gasteiger partial charge in [-0.3, -0.25) is 0 Å². The first kappa shape index (κ1) is 15.4. The maximum atomic E-state index is 5.70. The van der Waals surface area contributed by atoms with E-state index in [1.165, 1.54) is 0 Å². The number of fused-ring (bicyclic) bond motifs is 1. The smallest absolute Gasteiger partial charge is 0.208 e. The van der Waals surface area contributed by atoms with Crippen molar-refractivity contribution in [1.29, 1.82) is 0 Å². The number of nitrogens with one attached hydrogen (secondary N) is 1. The van der Waals surface area contributed by atoms with Gasteiger partial charge in [-0.15, -0.1) is 0 Å². The van der Waals surface area contributed by atoms with Crippen molar-refractivity contribution in [3.05, 3.63) is 48.5 Å². The maximum absolute atomic E-state index is 5.70. The molecule has 0 aliphatic heterocycles. The minimum absolute atomic E-state index is 0.644. The minimum atomic E-state index is 0.644. The first-order valence-corrected chi connectivity index (χ1v) is 8.27. The van der Waals surface area contributed by atoms with Gasteiger partial charge in [0.1, 0.15) is 5.75 Å². The van der Waals surface area contributed by atoms with Crippen LogP contribution >= 0.6 is 0 Å². The van der Waals surface area contributed by atoms with Gasteiger partial charge in [-0.05, 0) is 37.6 Å². The van der Waals surface area contributed by atoms with E-state index >= 15 is 0 Å². The maximum Gasteiger partial charge on any atom is 0.208 e. The lowest BCUT2D eigenvalue weighted by Gasteiger charge is -2.13. The number of imidazole rings is 1. The molecular weight excluding hydrogens is 286 g/mol. The zero-order chi connectivity index (χ0) is 16.1. The predicted molar refractivity (Wildman–Crippen MR) is 95.5 cm³/mol. The van der Waals surface area contributed by atoms with Crippen LogP contribution in [0.25, 0.3) is 11.0 Å². The molecule has 0 saturated carbocycles. The molecule has 0 radical (unpaired) electrons. The summed E-state index contributed by atoms with van der Waals surface area (Å²) in [6.45, 7) is 5.80. The number of benzene rings is 2. The normalized spacial score (nSPS) is 10.9. The molecule has 4 nitrogen and oxygen atoms in total.